The second-order valence-corrected chi connectivity index (χ2v) is 3.01. The Labute approximate surface area is 74.0 Å². The van der Waals surface area contributed by atoms with E-state index >= 15 is 0 Å². The smallest absolute Gasteiger partial charge is 0.0992 e. The Morgan fingerprint density at radius 2 is 2.18 bits per heavy atom. The standard InChI is InChI=1S/C8H7BrN2/c1-11-8-3-6(5-10)2-7(9)4-8/h2-4,11H,1H3. The fourth-order valence-corrected chi connectivity index (χ4v) is 1.29. The molecule has 1 N–H and O–H groups in total. The molecule has 0 aromatic heterocycles. The molecule has 0 fully saturated rings. The molecule has 1 aromatic rings. The van der Waals surface area contributed by atoms with Crippen LogP contribution >= 0.6 is 15.9 Å². The summed E-state index contributed by atoms with van der Waals surface area (Å²) < 4.78 is 0.918. The summed E-state index contributed by atoms with van der Waals surface area (Å²) in [6, 6.07) is 7.56. The third-order valence-electron chi connectivity index (χ3n) is 1.32. The highest BCUT2D eigenvalue weighted by molar-refractivity contribution is 9.10. The van der Waals surface area contributed by atoms with Crippen LogP contribution in [0.2, 0.25) is 0 Å². The maximum Gasteiger partial charge on any atom is 0.0992 e. The largest absolute Gasteiger partial charge is 0.388 e. The molecule has 0 aliphatic heterocycles. The molecule has 0 atom stereocenters. The fourth-order valence-electron chi connectivity index (χ4n) is 0.799. The number of nitrogens with one attached hydrogen (secondary N) is 1. The lowest BCUT2D eigenvalue weighted by Crippen LogP contribution is -1.88. The Morgan fingerprint density at radius 1 is 1.45 bits per heavy atom. The van der Waals surface area contributed by atoms with Gasteiger partial charge in [-0.3, -0.25) is 0 Å². The van der Waals surface area contributed by atoms with Crippen LogP contribution in [-0.2, 0) is 0 Å². The highest BCUT2D eigenvalue weighted by atomic mass is 79.9. The van der Waals surface area contributed by atoms with Gasteiger partial charge in [0.25, 0.3) is 0 Å². The second-order valence-electron chi connectivity index (χ2n) is 2.09. The summed E-state index contributed by atoms with van der Waals surface area (Å²) in [5.74, 6) is 0. The molecule has 0 radical (unpaired) electrons. The number of nitrogens with zero attached hydrogens (tertiary/aromatic N) is 1. The van der Waals surface area contributed by atoms with Gasteiger partial charge >= 0.3 is 0 Å². The highest BCUT2D eigenvalue weighted by Gasteiger charge is 1.95. The van der Waals surface area contributed by atoms with Gasteiger partial charge in [0, 0.05) is 17.2 Å². The monoisotopic (exact) mass is 210 g/mol. The normalized spacial score (nSPS) is 8.82. The molecular formula is C8H7BrN2. The van der Waals surface area contributed by atoms with E-state index in [1.54, 1.807) is 12.1 Å². The van der Waals surface area contributed by atoms with Gasteiger partial charge in [0.1, 0.15) is 0 Å². The van der Waals surface area contributed by atoms with Crippen molar-refractivity contribution in [2.24, 2.45) is 0 Å². The van der Waals surface area contributed by atoms with Gasteiger partial charge in [-0.2, -0.15) is 5.26 Å². The number of halogens is 1. The first-order valence-electron chi connectivity index (χ1n) is 3.14. The Morgan fingerprint density at radius 3 is 2.73 bits per heavy atom. The molecule has 0 saturated heterocycles. The molecule has 0 bridgehead atoms. The summed E-state index contributed by atoms with van der Waals surface area (Å²) >= 11 is 3.30. The molecule has 0 saturated carbocycles. The van der Waals surface area contributed by atoms with Crippen LogP contribution in [0.25, 0.3) is 0 Å². The predicted octanol–water partition coefficient (Wildman–Crippen LogP) is 2.36. The topological polar surface area (TPSA) is 35.8 Å². The van der Waals surface area contributed by atoms with Crippen molar-refractivity contribution >= 4 is 21.6 Å². The molecule has 0 aliphatic carbocycles. The summed E-state index contributed by atoms with van der Waals surface area (Å²) in [6.45, 7) is 0. The number of hydrogen-bond acceptors (Lipinski definition) is 2. The fraction of sp³-hybridized carbons (Fsp3) is 0.125. The lowest BCUT2D eigenvalue weighted by Gasteiger charge is -2.00. The van der Waals surface area contributed by atoms with Crippen molar-refractivity contribution in [1.82, 2.24) is 0 Å². The maximum atomic E-state index is 8.58. The molecule has 11 heavy (non-hydrogen) atoms. The van der Waals surface area contributed by atoms with Crippen molar-refractivity contribution in [1.29, 1.82) is 5.26 Å². The SMILES string of the molecule is CNc1cc(Br)cc(C#N)c1. The Balaban J connectivity index is 3.15. The van der Waals surface area contributed by atoms with Gasteiger partial charge in [-0.15, -0.1) is 0 Å². The van der Waals surface area contributed by atoms with E-state index in [1.165, 1.54) is 0 Å². The van der Waals surface area contributed by atoms with Crippen molar-refractivity contribution in [2.45, 2.75) is 0 Å². The molecule has 0 heterocycles. The van der Waals surface area contributed by atoms with Crippen molar-refractivity contribution in [3.05, 3.63) is 28.2 Å². The average molecular weight is 211 g/mol. The molecule has 0 amide bonds. The summed E-state index contributed by atoms with van der Waals surface area (Å²) in [5.41, 5.74) is 1.60. The van der Waals surface area contributed by atoms with Crippen LogP contribution < -0.4 is 5.32 Å². The number of benzene rings is 1. The van der Waals surface area contributed by atoms with Crippen LogP contribution in [0.4, 0.5) is 5.69 Å². The summed E-state index contributed by atoms with van der Waals surface area (Å²) in [4.78, 5) is 0. The van der Waals surface area contributed by atoms with Gasteiger partial charge < -0.3 is 5.32 Å². The Bertz CT molecular complexity index is 301. The summed E-state index contributed by atoms with van der Waals surface area (Å²) in [6.07, 6.45) is 0. The van der Waals surface area contributed by atoms with Crippen LogP contribution in [-0.4, -0.2) is 7.05 Å². The summed E-state index contributed by atoms with van der Waals surface area (Å²) in [5, 5.41) is 11.5. The third-order valence-corrected chi connectivity index (χ3v) is 1.77. The van der Waals surface area contributed by atoms with E-state index < -0.39 is 0 Å². The molecule has 0 spiro atoms. The Kier molecular flexibility index (Phi) is 2.50. The predicted molar refractivity (Wildman–Crippen MR) is 48.4 cm³/mol. The van der Waals surface area contributed by atoms with E-state index in [1.807, 2.05) is 13.1 Å². The van der Waals surface area contributed by atoms with Crippen LogP contribution in [0.3, 0.4) is 0 Å². The molecule has 1 rings (SSSR count). The maximum absolute atomic E-state index is 8.58. The molecule has 56 valence electrons. The van der Waals surface area contributed by atoms with Crippen molar-refractivity contribution in [3.63, 3.8) is 0 Å². The van der Waals surface area contributed by atoms with Gasteiger partial charge in [0.2, 0.25) is 0 Å². The van der Waals surface area contributed by atoms with Crippen LogP contribution in [0.15, 0.2) is 22.7 Å². The minimum absolute atomic E-state index is 0.656. The van der Waals surface area contributed by atoms with E-state index in [0.29, 0.717) is 5.56 Å². The number of anilines is 1. The molecule has 0 aliphatic rings. The highest BCUT2D eigenvalue weighted by Crippen LogP contribution is 2.18. The van der Waals surface area contributed by atoms with Crippen molar-refractivity contribution in [3.8, 4) is 6.07 Å². The van der Waals surface area contributed by atoms with Gasteiger partial charge in [-0.05, 0) is 18.2 Å². The molecule has 1 aromatic carbocycles. The zero-order valence-corrected chi connectivity index (χ0v) is 7.64. The zero-order chi connectivity index (χ0) is 8.27. The van der Waals surface area contributed by atoms with Crippen LogP contribution in [0, 0.1) is 11.3 Å². The van der Waals surface area contributed by atoms with Gasteiger partial charge in [-0.1, -0.05) is 15.9 Å². The first-order valence-corrected chi connectivity index (χ1v) is 3.94. The lowest BCUT2D eigenvalue weighted by molar-refractivity contribution is 1.44. The minimum Gasteiger partial charge on any atom is -0.388 e. The first-order chi connectivity index (χ1) is 5.26. The van der Waals surface area contributed by atoms with E-state index in [9.17, 15) is 0 Å². The van der Waals surface area contributed by atoms with E-state index in [4.69, 9.17) is 5.26 Å². The number of hydrogen-bond donors (Lipinski definition) is 1. The zero-order valence-electron chi connectivity index (χ0n) is 6.06. The number of rotatable bonds is 1. The van der Waals surface area contributed by atoms with Crippen molar-refractivity contribution in [2.75, 3.05) is 12.4 Å². The number of nitriles is 1. The minimum atomic E-state index is 0.656. The van der Waals surface area contributed by atoms with Gasteiger partial charge in [-0.25, -0.2) is 0 Å². The second kappa shape index (κ2) is 3.40. The molecule has 3 heteroatoms. The lowest BCUT2D eigenvalue weighted by atomic mass is 10.2. The van der Waals surface area contributed by atoms with E-state index in [2.05, 4.69) is 27.3 Å². The average Bonchev–Trinajstić information content (AvgIpc) is 2.03. The Hall–Kier alpha value is -1.01. The first kappa shape index (κ1) is 8.09. The summed E-state index contributed by atoms with van der Waals surface area (Å²) in [7, 11) is 1.82. The van der Waals surface area contributed by atoms with Crippen LogP contribution in [0.5, 0.6) is 0 Å². The van der Waals surface area contributed by atoms with Crippen LogP contribution in [0.1, 0.15) is 5.56 Å². The molecule has 2 nitrogen and oxygen atoms in total. The van der Waals surface area contributed by atoms with Gasteiger partial charge in [0.15, 0.2) is 0 Å². The van der Waals surface area contributed by atoms with Crippen molar-refractivity contribution < 1.29 is 0 Å². The van der Waals surface area contributed by atoms with E-state index in [0.717, 1.165) is 10.2 Å². The molecule has 0 unspecified atom stereocenters. The quantitative estimate of drug-likeness (QED) is 0.773. The third kappa shape index (κ3) is 1.95. The van der Waals surface area contributed by atoms with Gasteiger partial charge in [0.05, 0.1) is 11.6 Å². The van der Waals surface area contributed by atoms with E-state index in [-0.39, 0.29) is 0 Å². The molecular weight excluding hydrogens is 204 g/mol.